The second-order valence-corrected chi connectivity index (χ2v) is 3.85. The lowest BCUT2D eigenvalue weighted by Crippen LogP contribution is -1.70. The van der Waals surface area contributed by atoms with E-state index in [0.29, 0.717) is 3.79 Å². The van der Waals surface area contributed by atoms with Gasteiger partial charge < -0.3 is 0 Å². The van der Waals surface area contributed by atoms with Crippen molar-refractivity contribution < 1.29 is 8.22 Å². The first-order valence-electron chi connectivity index (χ1n) is 5.29. The zero-order valence-corrected chi connectivity index (χ0v) is 6.64. The highest BCUT2D eigenvalue weighted by Crippen LogP contribution is 2.42. The molecule has 9 heavy (non-hydrogen) atoms. The molecule has 1 aliphatic rings. The maximum Gasteiger partial charge on any atom is 0.0967 e. The molecule has 1 nitrogen and oxygen atoms in total. The van der Waals surface area contributed by atoms with Gasteiger partial charge in [-0.15, -0.1) is 11.3 Å². The molecule has 0 radical (unpaired) electrons. The number of thiazole rings is 1. The van der Waals surface area contributed by atoms with E-state index >= 15 is 0 Å². The van der Waals surface area contributed by atoms with Gasteiger partial charge in [0.15, 0.2) is 0 Å². The molecule has 1 aliphatic carbocycles. The second-order valence-electron chi connectivity index (χ2n) is 1.53. The van der Waals surface area contributed by atoms with Crippen LogP contribution in [0.2, 0.25) is 0 Å². The quantitative estimate of drug-likeness (QED) is 0.694. The Labute approximate surface area is 74.7 Å². The van der Waals surface area contributed by atoms with Crippen molar-refractivity contribution in [2.24, 2.45) is 0 Å². The van der Waals surface area contributed by atoms with Crippen molar-refractivity contribution in [3.8, 4) is 0 Å². The predicted molar refractivity (Wildman–Crippen MR) is 41.8 cm³/mol. The van der Waals surface area contributed by atoms with Crippen LogP contribution in [0.4, 0.5) is 0 Å². The number of rotatable bonds is 1. The fourth-order valence-corrected chi connectivity index (χ4v) is 1.58. The van der Waals surface area contributed by atoms with Crippen LogP contribution in [0, 0.1) is 0 Å². The van der Waals surface area contributed by atoms with E-state index in [1.807, 2.05) is 0 Å². The number of halogens is 1. The molecule has 0 aliphatic heterocycles. The normalized spacial score (nSPS) is 42.8. The molecular weight excluding hydrogens is 198 g/mol. The standard InChI is InChI=1S/C6H6BrNS/c7-5-3-8-6(9-5)4-1-2-4/h3-4H,1-2H2/i1D2,2D2,3D,4D. The molecule has 0 unspecified atom stereocenters. The fraction of sp³-hybridized carbons (Fsp3) is 0.500. The topological polar surface area (TPSA) is 12.9 Å². The average Bonchev–Trinajstić information content (AvgIpc) is 2.44. The lowest BCUT2D eigenvalue weighted by Gasteiger charge is -1.81. The molecule has 0 amide bonds. The van der Waals surface area contributed by atoms with Crippen LogP contribution in [0.5, 0.6) is 0 Å². The van der Waals surface area contributed by atoms with Crippen molar-refractivity contribution in [3.05, 3.63) is 15.0 Å². The zero-order valence-electron chi connectivity index (χ0n) is 10.2. The minimum atomic E-state index is -2.25. The summed E-state index contributed by atoms with van der Waals surface area (Å²) in [4.78, 5) is 3.71. The number of aromatic nitrogens is 1. The van der Waals surface area contributed by atoms with Gasteiger partial charge in [-0.1, -0.05) is 0 Å². The molecule has 0 atom stereocenters. The number of nitrogens with zero attached hydrogens (tertiary/aromatic N) is 1. The van der Waals surface area contributed by atoms with Gasteiger partial charge in [0, 0.05) is 12.7 Å². The van der Waals surface area contributed by atoms with Crippen LogP contribution >= 0.6 is 27.3 Å². The molecule has 1 fully saturated rings. The van der Waals surface area contributed by atoms with Crippen molar-refractivity contribution in [1.29, 1.82) is 0 Å². The van der Waals surface area contributed by atoms with Gasteiger partial charge in [-0.25, -0.2) is 4.98 Å². The van der Waals surface area contributed by atoms with Gasteiger partial charge in [0.2, 0.25) is 0 Å². The number of hydrogen-bond donors (Lipinski definition) is 0. The largest absolute Gasteiger partial charge is 0.248 e. The van der Waals surface area contributed by atoms with E-state index in [1.165, 1.54) is 0 Å². The first kappa shape index (κ1) is 2.31. The van der Waals surface area contributed by atoms with E-state index in [-0.39, 0.29) is 11.2 Å². The van der Waals surface area contributed by atoms with Crippen molar-refractivity contribution >= 4 is 27.3 Å². The van der Waals surface area contributed by atoms with Crippen LogP contribution in [0.15, 0.2) is 9.96 Å². The number of hydrogen-bond acceptors (Lipinski definition) is 2. The van der Waals surface area contributed by atoms with Gasteiger partial charge in [-0.05, 0) is 28.7 Å². The van der Waals surface area contributed by atoms with E-state index < -0.39 is 18.6 Å². The van der Waals surface area contributed by atoms with E-state index in [9.17, 15) is 0 Å². The molecule has 1 aromatic rings. The van der Waals surface area contributed by atoms with Gasteiger partial charge in [-0.3, -0.25) is 0 Å². The van der Waals surface area contributed by atoms with Crippen LogP contribution < -0.4 is 0 Å². The average molecular weight is 210 g/mol. The van der Waals surface area contributed by atoms with Gasteiger partial charge >= 0.3 is 0 Å². The molecule has 1 aromatic heterocycles. The highest BCUT2D eigenvalue weighted by atomic mass is 79.9. The van der Waals surface area contributed by atoms with Crippen molar-refractivity contribution in [2.45, 2.75) is 18.6 Å². The van der Waals surface area contributed by atoms with Gasteiger partial charge in [0.05, 0.1) is 16.3 Å². The van der Waals surface area contributed by atoms with Crippen LogP contribution in [0.1, 0.15) is 31.9 Å². The molecule has 3 heteroatoms. The van der Waals surface area contributed by atoms with Crippen molar-refractivity contribution in [3.63, 3.8) is 0 Å². The summed E-state index contributed by atoms with van der Waals surface area (Å²) in [6.07, 6.45) is -4.58. The summed E-state index contributed by atoms with van der Waals surface area (Å²) in [5, 5.41) is 0.00868. The summed E-state index contributed by atoms with van der Waals surface area (Å²) in [6, 6.07) is 0. The molecule has 0 aromatic carbocycles. The molecule has 1 heterocycles. The van der Waals surface area contributed by atoms with Crippen molar-refractivity contribution in [2.75, 3.05) is 0 Å². The minimum Gasteiger partial charge on any atom is -0.248 e. The fourth-order valence-electron chi connectivity index (χ4n) is 0.470. The third kappa shape index (κ3) is 1.17. The molecule has 1 saturated carbocycles. The Morgan fingerprint density at radius 3 is 3.33 bits per heavy atom. The van der Waals surface area contributed by atoms with E-state index in [4.69, 9.17) is 8.22 Å². The Hall–Kier alpha value is 0.110. The summed E-state index contributed by atoms with van der Waals surface area (Å²) < 4.78 is 45.2. The van der Waals surface area contributed by atoms with E-state index in [1.54, 1.807) is 0 Å². The SMILES string of the molecule is [2H]c1nc(C2([2H])C([2H])([2H])C2([2H])[2H])sc1Br. The zero-order chi connectivity index (χ0) is 11.6. The van der Waals surface area contributed by atoms with Crippen LogP contribution in [0.3, 0.4) is 0 Å². The third-order valence-electron chi connectivity index (χ3n) is 0.895. The maximum absolute atomic E-state index is 7.79. The third-order valence-corrected chi connectivity index (χ3v) is 2.32. The van der Waals surface area contributed by atoms with Crippen LogP contribution in [-0.2, 0) is 0 Å². The lowest BCUT2D eigenvalue weighted by molar-refractivity contribution is 1.08. The van der Waals surface area contributed by atoms with Gasteiger partial charge in [-0.2, -0.15) is 0 Å². The molecule has 0 saturated heterocycles. The predicted octanol–water partition coefficient (Wildman–Crippen LogP) is 2.78. The smallest absolute Gasteiger partial charge is 0.0967 e. The van der Waals surface area contributed by atoms with Crippen molar-refractivity contribution in [1.82, 2.24) is 4.98 Å². The Kier molecular flexibility index (Phi) is 0.528. The summed E-state index contributed by atoms with van der Waals surface area (Å²) >= 11 is 3.99. The van der Waals surface area contributed by atoms with Gasteiger partial charge in [0.25, 0.3) is 0 Å². The highest BCUT2D eigenvalue weighted by Gasteiger charge is 2.26. The van der Waals surface area contributed by atoms with Crippen LogP contribution in [-0.4, -0.2) is 4.98 Å². The Morgan fingerprint density at radius 1 is 2.11 bits per heavy atom. The molecule has 0 spiro atoms. The highest BCUT2D eigenvalue weighted by molar-refractivity contribution is 9.11. The summed E-state index contributed by atoms with van der Waals surface area (Å²) in [6.45, 7) is 0. The maximum atomic E-state index is 7.79. The summed E-state index contributed by atoms with van der Waals surface area (Å²) in [5.74, 6) is -1.98. The summed E-state index contributed by atoms with van der Waals surface area (Å²) in [5.41, 5.74) is 0. The molecule has 48 valence electrons. The minimum absolute atomic E-state index is 0.00868. The molecular formula is C6H6BrNS. The summed E-state index contributed by atoms with van der Waals surface area (Å²) in [7, 11) is 0. The first-order chi connectivity index (χ1) is 6.66. The molecule has 0 N–H and O–H groups in total. The van der Waals surface area contributed by atoms with E-state index in [0.717, 1.165) is 11.3 Å². The Balaban J connectivity index is 2.50. The molecule has 0 bridgehead atoms. The molecule has 2 rings (SSSR count). The monoisotopic (exact) mass is 209 g/mol. The second kappa shape index (κ2) is 2.06. The Bertz CT molecular complexity index is 396. The Morgan fingerprint density at radius 2 is 2.89 bits per heavy atom. The van der Waals surface area contributed by atoms with Gasteiger partial charge in [0.1, 0.15) is 0 Å². The van der Waals surface area contributed by atoms with Crippen LogP contribution in [0.25, 0.3) is 0 Å². The first-order valence-corrected chi connectivity index (χ1v) is 3.90. The van der Waals surface area contributed by atoms with E-state index in [2.05, 4.69) is 20.9 Å². The lowest BCUT2D eigenvalue weighted by atomic mass is 10.5.